The molecule has 0 N–H and O–H groups in total. The van der Waals surface area contributed by atoms with Gasteiger partial charge in [0.1, 0.15) is 22.3 Å². The Labute approximate surface area is 194 Å². The molecule has 0 aliphatic heterocycles. The van der Waals surface area contributed by atoms with Crippen molar-refractivity contribution in [3.05, 3.63) is 109 Å². The number of fused-ring (bicyclic) bond motifs is 10. The topological polar surface area (TPSA) is 26.3 Å². The van der Waals surface area contributed by atoms with Crippen molar-refractivity contribution in [3.63, 3.8) is 0 Å². The van der Waals surface area contributed by atoms with Gasteiger partial charge in [-0.25, -0.2) is 0 Å². The molecule has 158 valence electrons. The van der Waals surface area contributed by atoms with Crippen molar-refractivity contribution in [2.24, 2.45) is 0 Å². The van der Waals surface area contributed by atoms with Crippen LogP contribution >= 0.6 is 0 Å². The maximum Gasteiger partial charge on any atom is 0.143 e. The second-order valence-corrected chi connectivity index (χ2v) is 8.95. The summed E-state index contributed by atoms with van der Waals surface area (Å²) >= 11 is 0. The molecule has 2 aromatic heterocycles. The van der Waals surface area contributed by atoms with Gasteiger partial charge in [-0.1, -0.05) is 72.8 Å². The van der Waals surface area contributed by atoms with Crippen LogP contribution in [0.5, 0.6) is 0 Å². The standard InChI is InChI=1S/C32H18O2/c1-3-7-23-19(5-1)9-13-25-27-17-21(11-15-29(27)33-31(23)25)22-12-16-30-28(18-22)26-14-10-20-6-2-4-8-24(20)32(26)34-30/h1-18H. The molecule has 0 saturated heterocycles. The van der Waals surface area contributed by atoms with Crippen molar-refractivity contribution in [1.82, 2.24) is 0 Å². The van der Waals surface area contributed by atoms with Gasteiger partial charge in [0.05, 0.1) is 0 Å². The molecule has 2 heterocycles. The summed E-state index contributed by atoms with van der Waals surface area (Å²) in [5.41, 5.74) is 6.07. The molecule has 0 aliphatic carbocycles. The summed E-state index contributed by atoms with van der Waals surface area (Å²) in [5.74, 6) is 0. The molecule has 2 heteroatoms. The number of rotatable bonds is 1. The Morgan fingerprint density at radius 1 is 0.353 bits per heavy atom. The quantitative estimate of drug-likeness (QED) is 0.257. The Morgan fingerprint density at radius 2 is 0.824 bits per heavy atom. The second kappa shape index (κ2) is 6.49. The van der Waals surface area contributed by atoms with E-state index < -0.39 is 0 Å². The number of benzene rings is 6. The molecule has 8 rings (SSSR count). The zero-order chi connectivity index (χ0) is 22.2. The van der Waals surface area contributed by atoms with E-state index in [2.05, 4.69) is 109 Å². The normalized spacial score (nSPS) is 12.1. The molecule has 2 nitrogen and oxygen atoms in total. The number of furan rings is 2. The van der Waals surface area contributed by atoms with Crippen molar-refractivity contribution >= 4 is 65.4 Å². The highest BCUT2D eigenvalue weighted by Crippen LogP contribution is 2.39. The van der Waals surface area contributed by atoms with E-state index >= 15 is 0 Å². The lowest BCUT2D eigenvalue weighted by atomic mass is 9.99. The third-order valence-electron chi connectivity index (χ3n) is 7.06. The van der Waals surface area contributed by atoms with Crippen molar-refractivity contribution in [1.29, 1.82) is 0 Å². The SMILES string of the molecule is c1ccc2c(c1)ccc1c3cc(-c4ccc5oc6c7ccccc7ccc6c5c4)ccc3oc21. The first-order valence-corrected chi connectivity index (χ1v) is 11.5. The molecular weight excluding hydrogens is 416 g/mol. The molecule has 0 unspecified atom stereocenters. The highest BCUT2D eigenvalue weighted by atomic mass is 16.3. The molecule has 0 radical (unpaired) electrons. The fraction of sp³-hybridized carbons (Fsp3) is 0. The third kappa shape index (κ3) is 2.40. The van der Waals surface area contributed by atoms with Gasteiger partial charge in [0, 0.05) is 32.3 Å². The van der Waals surface area contributed by atoms with Crippen molar-refractivity contribution in [2.75, 3.05) is 0 Å². The first kappa shape index (κ1) is 17.9. The monoisotopic (exact) mass is 434 g/mol. The average molecular weight is 434 g/mol. The van der Waals surface area contributed by atoms with Crippen LogP contribution in [0.4, 0.5) is 0 Å². The van der Waals surface area contributed by atoms with Gasteiger partial charge in [0.15, 0.2) is 0 Å². The third-order valence-corrected chi connectivity index (χ3v) is 7.06. The molecule has 6 aromatic carbocycles. The van der Waals surface area contributed by atoms with Gasteiger partial charge in [-0.2, -0.15) is 0 Å². The first-order chi connectivity index (χ1) is 16.8. The fourth-order valence-electron chi connectivity index (χ4n) is 5.37. The van der Waals surface area contributed by atoms with Crippen LogP contribution in [0, 0.1) is 0 Å². The van der Waals surface area contributed by atoms with E-state index in [0.717, 1.165) is 54.6 Å². The van der Waals surface area contributed by atoms with Gasteiger partial charge in [0.25, 0.3) is 0 Å². The van der Waals surface area contributed by atoms with E-state index in [-0.39, 0.29) is 0 Å². The van der Waals surface area contributed by atoms with Crippen LogP contribution in [0.2, 0.25) is 0 Å². The molecule has 0 aliphatic rings. The smallest absolute Gasteiger partial charge is 0.143 e. The lowest BCUT2D eigenvalue weighted by molar-refractivity contribution is 0.672. The molecular formula is C32H18O2. The minimum absolute atomic E-state index is 0.913. The molecule has 0 amide bonds. The molecule has 0 atom stereocenters. The molecule has 0 saturated carbocycles. The lowest BCUT2D eigenvalue weighted by Gasteiger charge is -2.02. The first-order valence-electron chi connectivity index (χ1n) is 11.5. The van der Waals surface area contributed by atoms with E-state index in [9.17, 15) is 0 Å². The molecule has 0 fully saturated rings. The fourth-order valence-corrected chi connectivity index (χ4v) is 5.37. The number of hydrogen-bond donors (Lipinski definition) is 0. The zero-order valence-corrected chi connectivity index (χ0v) is 18.2. The molecule has 34 heavy (non-hydrogen) atoms. The van der Waals surface area contributed by atoms with E-state index in [1.165, 1.54) is 21.9 Å². The zero-order valence-electron chi connectivity index (χ0n) is 18.2. The summed E-state index contributed by atoms with van der Waals surface area (Å²) in [5, 5.41) is 9.27. The Balaban J connectivity index is 1.36. The Hall–Kier alpha value is -4.56. The largest absolute Gasteiger partial charge is 0.455 e. The summed E-state index contributed by atoms with van der Waals surface area (Å²) in [6, 6.07) is 38.4. The maximum absolute atomic E-state index is 6.30. The van der Waals surface area contributed by atoms with Crippen molar-refractivity contribution < 1.29 is 8.83 Å². The van der Waals surface area contributed by atoms with E-state index in [1.54, 1.807) is 0 Å². The minimum Gasteiger partial charge on any atom is -0.455 e. The van der Waals surface area contributed by atoms with Crippen LogP contribution in [-0.4, -0.2) is 0 Å². The molecule has 0 bridgehead atoms. The van der Waals surface area contributed by atoms with Crippen molar-refractivity contribution in [2.45, 2.75) is 0 Å². The van der Waals surface area contributed by atoms with Crippen LogP contribution in [0.1, 0.15) is 0 Å². The number of hydrogen-bond acceptors (Lipinski definition) is 2. The van der Waals surface area contributed by atoms with Crippen LogP contribution < -0.4 is 0 Å². The van der Waals surface area contributed by atoms with Gasteiger partial charge >= 0.3 is 0 Å². The highest BCUT2D eigenvalue weighted by molar-refractivity contribution is 6.17. The second-order valence-electron chi connectivity index (χ2n) is 8.95. The molecule has 0 spiro atoms. The maximum atomic E-state index is 6.30. The van der Waals surface area contributed by atoms with Crippen LogP contribution in [-0.2, 0) is 0 Å². The van der Waals surface area contributed by atoms with Gasteiger partial charge < -0.3 is 8.83 Å². The van der Waals surface area contributed by atoms with Crippen LogP contribution in [0.3, 0.4) is 0 Å². The molecule has 8 aromatic rings. The van der Waals surface area contributed by atoms with E-state index in [4.69, 9.17) is 8.83 Å². The summed E-state index contributed by atoms with van der Waals surface area (Å²) < 4.78 is 12.6. The summed E-state index contributed by atoms with van der Waals surface area (Å²) in [6.07, 6.45) is 0. The summed E-state index contributed by atoms with van der Waals surface area (Å²) in [7, 11) is 0. The minimum atomic E-state index is 0.913. The van der Waals surface area contributed by atoms with Crippen molar-refractivity contribution in [3.8, 4) is 11.1 Å². The Morgan fingerprint density at radius 3 is 1.32 bits per heavy atom. The van der Waals surface area contributed by atoms with Gasteiger partial charge in [-0.05, 0) is 58.3 Å². The summed E-state index contributed by atoms with van der Waals surface area (Å²) in [6.45, 7) is 0. The summed E-state index contributed by atoms with van der Waals surface area (Å²) in [4.78, 5) is 0. The Kier molecular flexibility index (Phi) is 3.42. The van der Waals surface area contributed by atoms with Crippen LogP contribution in [0.25, 0.3) is 76.5 Å². The van der Waals surface area contributed by atoms with Gasteiger partial charge in [-0.3, -0.25) is 0 Å². The average Bonchev–Trinajstić information content (AvgIpc) is 3.46. The van der Waals surface area contributed by atoms with Crippen LogP contribution in [0.15, 0.2) is 118 Å². The highest BCUT2D eigenvalue weighted by Gasteiger charge is 2.14. The van der Waals surface area contributed by atoms with Gasteiger partial charge in [0.2, 0.25) is 0 Å². The van der Waals surface area contributed by atoms with E-state index in [0.29, 0.717) is 0 Å². The lowest BCUT2D eigenvalue weighted by Crippen LogP contribution is -1.78. The van der Waals surface area contributed by atoms with Gasteiger partial charge in [-0.15, -0.1) is 0 Å². The van der Waals surface area contributed by atoms with E-state index in [1.807, 2.05) is 0 Å². The predicted molar refractivity (Wildman–Crippen MR) is 141 cm³/mol. The Bertz CT molecular complexity index is 1920. The predicted octanol–water partition coefficient (Wildman–Crippen LogP) is 9.46.